The van der Waals surface area contributed by atoms with Gasteiger partial charge in [-0.05, 0) is 25.3 Å². The minimum absolute atomic E-state index is 0.635. The molecule has 0 aromatic carbocycles. The summed E-state index contributed by atoms with van der Waals surface area (Å²) in [5.74, 6) is 1.00. The molecular formula is C10H17N3. The number of nitrogens with zero attached hydrogens (tertiary/aromatic N) is 1. The lowest BCUT2D eigenvalue weighted by Gasteiger charge is -2.11. The summed E-state index contributed by atoms with van der Waals surface area (Å²) < 4.78 is 0. The van der Waals surface area contributed by atoms with Crippen LogP contribution in [0.3, 0.4) is 0 Å². The van der Waals surface area contributed by atoms with E-state index in [0.29, 0.717) is 6.04 Å². The Morgan fingerprint density at radius 3 is 3.15 bits per heavy atom. The van der Waals surface area contributed by atoms with Crippen LogP contribution < -0.4 is 5.32 Å². The quantitative estimate of drug-likeness (QED) is 0.722. The fourth-order valence-corrected chi connectivity index (χ4v) is 1.60. The van der Waals surface area contributed by atoms with Crippen LogP contribution in [0.5, 0.6) is 0 Å². The molecule has 0 radical (unpaired) electrons. The Kier molecular flexibility index (Phi) is 2.64. The number of H-pyrrole nitrogens is 1. The van der Waals surface area contributed by atoms with Crippen molar-refractivity contribution in [2.75, 3.05) is 0 Å². The first-order chi connectivity index (χ1) is 6.34. The van der Waals surface area contributed by atoms with Gasteiger partial charge < -0.3 is 5.32 Å². The Morgan fingerprint density at radius 1 is 1.69 bits per heavy atom. The van der Waals surface area contributed by atoms with Crippen LogP contribution in [0.15, 0.2) is 12.3 Å². The average Bonchev–Trinajstić information content (AvgIpc) is 2.78. The third-order valence-corrected chi connectivity index (χ3v) is 2.58. The fraction of sp³-hybridized carbons (Fsp3) is 0.700. The molecule has 2 N–H and O–H groups in total. The van der Waals surface area contributed by atoms with Gasteiger partial charge in [-0.2, -0.15) is 5.10 Å². The maximum Gasteiger partial charge on any atom is 0.0490 e. The lowest BCUT2D eigenvalue weighted by Crippen LogP contribution is -2.26. The van der Waals surface area contributed by atoms with Crippen molar-refractivity contribution in [2.24, 2.45) is 5.92 Å². The Bertz CT molecular complexity index is 239. The zero-order valence-corrected chi connectivity index (χ0v) is 8.09. The molecule has 1 saturated carbocycles. The standard InChI is InChI=1S/C10H17N3/c1-8(6-9-2-3-9)11-7-10-4-5-12-13-10/h4-5,8-9,11H,2-3,6-7H2,1H3,(H,12,13). The predicted molar refractivity (Wildman–Crippen MR) is 52.2 cm³/mol. The lowest BCUT2D eigenvalue weighted by atomic mass is 10.1. The van der Waals surface area contributed by atoms with Crippen LogP contribution in [-0.2, 0) is 6.54 Å². The van der Waals surface area contributed by atoms with Crippen LogP contribution in [0, 0.1) is 5.92 Å². The summed E-state index contributed by atoms with van der Waals surface area (Å²) in [5, 5.41) is 10.3. The molecule has 0 spiro atoms. The molecule has 3 heteroatoms. The summed E-state index contributed by atoms with van der Waals surface area (Å²) in [6.07, 6.45) is 6.00. The second kappa shape index (κ2) is 3.92. The van der Waals surface area contributed by atoms with Crippen LogP contribution in [0.2, 0.25) is 0 Å². The van der Waals surface area contributed by atoms with Crippen molar-refractivity contribution >= 4 is 0 Å². The molecule has 13 heavy (non-hydrogen) atoms. The summed E-state index contributed by atoms with van der Waals surface area (Å²) in [6.45, 7) is 3.17. The van der Waals surface area contributed by atoms with Crippen LogP contribution in [0.4, 0.5) is 0 Å². The van der Waals surface area contributed by atoms with Gasteiger partial charge in [0, 0.05) is 24.5 Å². The molecule has 1 fully saturated rings. The third-order valence-electron chi connectivity index (χ3n) is 2.58. The van der Waals surface area contributed by atoms with Gasteiger partial charge in [0.15, 0.2) is 0 Å². The average molecular weight is 179 g/mol. The molecule has 1 unspecified atom stereocenters. The number of aromatic nitrogens is 2. The van der Waals surface area contributed by atoms with Gasteiger partial charge in [0.05, 0.1) is 0 Å². The van der Waals surface area contributed by atoms with Crippen molar-refractivity contribution in [3.63, 3.8) is 0 Å². The first kappa shape index (κ1) is 8.75. The molecule has 0 amide bonds. The van der Waals surface area contributed by atoms with E-state index in [1.165, 1.54) is 25.0 Å². The van der Waals surface area contributed by atoms with E-state index in [0.717, 1.165) is 12.5 Å². The molecule has 1 heterocycles. The van der Waals surface area contributed by atoms with E-state index in [9.17, 15) is 0 Å². The van der Waals surface area contributed by atoms with Crippen molar-refractivity contribution in [3.05, 3.63) is 18.0 Å². The maximum absolute atomic E-state index is 3.91. The van der Waals surface area contributed by atoms with Gasteiger partial charge in [-0.3, -0.25) is 5.10 Å². The summed E-state index contributed by atoms with van der Waals surface area (Å²) in [4.78, 5) is 0. The Balaban J connectivity index is 1.66. The third kappa shape index (κ3) is 2.84. The molecule has 1 aliphatic rings. The van der Waals surface area contributed by atoms with Crippen LogP contribution in [0.25, 0.3) is 0 Å². The second-order valence-corrected chi connectivity index (χ2v) is 4.04. The fourth-order valence-electron chi connectivity index (χ4n) is 1.60. The van der Waals surface area contributed by atoms with Crippen molar-refractivity contribution in [1.82, 2.24) is 15.5 Å². The second-order valence-electron chi connectivity index (χ2n) is 4.04. The number of hydrogen-bond acceptors (Lipinski definition) is 2. The van der Waals surface area contributed by atoms with Gasteiger partial charge in [-0.25, -0.2) is 0 Å². The highest BCUT2D eigenvalue weighted by atomic mass is 15.1. The molecule has 1 aromatic rings. The summed E-state index contributed by atoms with van der Waals surface area (Å²) >= 11 is 0. The smallest absolute Gasteiger partial charge is 0.0490 e. The van der Waals surface area contributed by atoms with Crippen LogP contribution >= 0.6 is 0 Å². The summed E-state index contributed by atoms with van der Waals surface area (Å²) in [7, 11) is 0. The lowest BCUT2D eigenvalue weighted by molar-refractivity contribution is 0.484. The van der Waals surface area contributed by atoms with E-state index in [-0.39, 0.29) is 0 Å². The molecule has 2 rings (SSSR count). The number of rotatable bonds is 5. The normalized spacial score (nSPS) is 18.8. The van der Waals surface area contributed by atoms with Gasteiger partial charge >= 0.3 is 0 Å². The van der Waals surface area contributed by atoms with Crippen LogP contribution in [0.1, 0.15) is 31.9 Å². The van der Waals surface area contributed by atoms with Gasteiger partial charge in [-0.1, -0.05) is 12.8 Å². The Morgan fingerprint density at radius 2 is 2.54 bits per heavy atom. The molecule has 1 aliphatic carbocycles. The number of aromatic amines is 1. The van der Waals surface area contributed by atoms with Crippen molar-refractivity contribution in [1.29, 1.82) is 0 Å². The SMILES string of the molecule is CC(CC1CC1)NCc1ccn[nH]1. The van der Waals surface area contributed by atoms with E-state index in [1.807, 2.05) is 6.07 Å². The van der Waals surface area contributed by atoms with Gasteiger partial charge in [-0.15, -0.1) is 0 Å². The molecule has 0 bridgehead atoms. The van der Waals surface area contributed by atoms with Crippen LogP contribution in [-0.4, -0.2) is 16.2 Å². The first-order valence-electron chi connectivity index (χ1n) is 5.06. The van der Waals surface area contributed by atoms with E-state index in [1.54, 1.807) is 6.20 Å². The monoisotopic (exact) mass is 179 g/mol. The number of nitrogens with one attached hydrogen (secondary N) is 2. The highest BCUT2D eigenvalue weighted by Crippen LogP contribution is 2.33. The topological polar surface area (TPSA) is 40.7 Å². The highest BCUT2D eigenvalue weighted by molar-refractivity contribution is 4.96. The van der Waals surface area contributed by atoms with Gasteiger partial charge in [0.25, 0.3) is 0 Å². The van der Waals surface area contributed by atoms with Gasteiger partial charge in [0.1, 0.15) is 0 Å². The minimum Gasteiger partial charge on any atom is -0.309 e. The van der Waals surface area contributed by atoms with E-state index in [4.69, 9.17) is 0 Å². The highest BCUT2D eigenvalue weighted by Gasteiger charge is 2.23. The van der Waals surface area contributed by atoms with E-state index < -0.39 is 0 Å². The van der Waals surface area contributed by atoms with Crippen molar-refractivity contribution in [2.45, 2.75) is 38.8 Å². The minimum atomic E-state index is 0.635. The number of hydrogen-bond donors (Lipinski definition) is 2. The summed E-state index contributed by atoms with van der Waals surface area (Å²) in [6, 6.07) is 2.65. The van der Waals surface area contributed by atoms with E-state index >= 15 is 0 Å². The maximum atomic E-state index is 3.91. The summed E-state index contributed by atoms with van der Waals surface area (Å²) in [5.41, 5.74) is 1.17. The predicted octanol–water partition coefficient (Wildman–Crippen LogP) is 1.69. The molecule has 3 nitrogen and oxygen atoms in total. The Labute approximate surface area is 78.9 Å². The van der Waals surface area contributed by atoms with E-state index in [2.05, 4.69) is 22.4 Å². The molecule has 1 aromatic heterocycles. The molecule has 1 atom stereocenters. The van der Waals surface area contributed by atoms with Crippen molar-refractivity contribution < 1.29 is 0 Å². The molecular weight excluding hydrogens is 162 g/mol. The van der Waals surface area contributed by atoms with Gasteiger partial charge in [0.2, 0.25) is 0 Å². The molecule has 72 valence electrons. The largest absolute Gasteiger partial charge is 0.309 e. The van der Waals surface area contributed by atoms with Crippen molar-refractivity contribution in [3.8, 4) is 0 Å². The Hall–Kier alpha value is -0.830. The first-order valence-corrected chi connectivity index (χ1v) is 5.06. The molecule has 0 aliphatic heterocycles. The molecule has 0 saturated heterocycles. The zero-order valence-electron chi connectivity index (χ0n) is 8.09. The zero-order chi connectivity index (χ0) is 9.10.